The van der Waals surface area contributed by atoms with Crippen LogP contribution in [0.2, 0.25) is 0 Å². The van der Waals surface area contributed by atoms with E-state index in [0.29, 0.717) is 11.1 Å². The maximum atomic E-state index is 12.3. The van der Waals surface area contributed by atoms with Crippen LogP contribution in [0.4, 0.5) is 8.78 Å². The Hall–Kier alpha value is -3.16. The van der Waals surface area contributed by atoms with Gasteiger partial charge >= 0.3 is 6.61 Å². The van der Waals surface area contributed by atoms with Crippen molar-refractivity contribution in [3.05, 3.63) is 60.0 Å². The first-order chi connectivity index (χ1) is 12.1. The van der Waals surface area contributed by atoms with Gasteiger partial charge in [-0.15, -0.1) is 0 Å². The van der Waals surface area contributed by atoms with Gasteiger partial charge in [0.25, 0.3) is 5.91 Å². The molecule has 2 aromatic heterocycles. The highest BCUT2D eigenvalue weighted by Gasteiger charge is 2.12. The van der Waals surface area contributed by atoms with Crippen molar-refractivity contribution in [1.82, 2.24) is 14.7 Å². The van der Waals surface area contributed by atoms with Crippen LogP contribution in [0.25, 0.3) is 5.65 Å². The smallest absolute Gasteiger partial charge is 0.387 e. The van der Waals surface area contributed by atoms with E-state index in [1.165, 1.54) is 19.2 Å². The lowest BCUT2D eigenvalue weighted by Crippen LogP contribution is -2.23. The van der Waals surface area contributed by atoms with Crippen LogP contribution in [0.5, 0.6) is 11.5 Å². The highest BCUT2D eigenvalue weighted by Crippen LogP contribution is 2.29. The van der Waals surface area contributed by atoms with Gasteiger partial charge in [0.2, 0.25) is 0 Å². The maximum absolute atomic E-state index is 12.3. The van der Waals surface area contributed by atoms with Gasteiger partial charge in [-0.1, -0.05) is 6.07 Å². The number of benzene rings is 1. The Balaban J connectivity index is 1.68. The number of alkyl halides is 2. The van der Waals surface area contributed by atoms with Crippen LogP contribution in [0.1, 0.15) is 15.9 Å². The number of amides is 1. The van der Waals surface area contributed by atoms with Gasteiger partial charge in [-0.25, -0.2) is 4.98 Å². The van der Waals surface area contributed by atoms with Crippen molar-refractivity contribution >= 4 is 11.6 Å². The van der Waals surface area contributed by atoms with E-state index in [4.69, 9.17) is 4.74 Å². The fourth-order valence-electron chi connectivity index (χ4n) is 2.35. The van der Waals surface area contributed by atoms with E-state index in [9.17, 15) is 13.6 Å². The normalized spacial score (nSPS) is 10.9. The van der Waals surface area contributed by atoms with Crippen molar-refractivity contribution in [2.75, 3.05) is 7.11 Å². The molecule has 6 nitrogen and oxygen atoms in total. The van der Waals surface area contributed by atoms with Crippen molar-refractivity contribution in [1.29, 1.82) is 0 Å². The first kappa shape index (κ1) is 16.7. The monoisotopic (exact) mass is 347 g/mol. The molecule has 1 amide bonds. The van der Waals surface area contributed by atoms with Gasteiger partial charge in [0.1, 0.15) is 5.65 Å². The minimum Gasteiger partial charge on any atom is -0.493 e. The Morgan fingerprint density at radius 2 is 2.12 bits per heavy atom. The number of halogens is 2. The number of methoxy groups -OCH3 is 1. The molecule has 0 aliphatic rings. The van der Waals surface area contributed by atoms with Crippen molar-refractivity contribution in [3.8, 4) is 11.5 Å². The Labute approximate surface area is 142 Å². The molecule has 1 aromatic carbocycles. The Morgan fingerprint density at radius 3 is 2.88 bits per heavy atom. The van der Waals surface area contributed by atoms with Gasteiger partial charge in [-0.05, 0) is 29.8 Å². The molecule has 8 heteroatoms. The summed E-state index contributed by atoms with van der Waals surface area (Å²) in [6.45, 7) is -2.72. The predicted octanol–water partition coefficient (Wildman–Crippen LogP) is 2.87. The number of hydrogen-bond donors (Lipinski definition) is 1. The van der Waals surface area contributed by atoms with Gasteiger partial charge in [0, 0.05) is 25.1 Å². The third-order valence-corrected chi connectivity index (χ3v) is 3.55. The average molecular weight is 347 g/mol. The van der Waals surface area contributed by atoms with E-state index in [0.717, 1.165) is 5.65 Å². The Bertz CT molecular complexity index is 896. The van der Waals surface area contributed by atoms with Gasteiger partial charge in [-0.3, -0.25) is 4.79 Å². The summed E-state index contributed by atoms with van der Waals surface area (Å²) in [5, 5.41) is 2.77. The van der Waals surface area contributed by atoms with E-state index < -0.39 is 6.61 Å². The highest BCUT2D eigenvalue weighted by molar-refractivity contribution is 5.94. The molecule has 0 atom stereocenters. The number of carbonyl (C=O) groups is 1. The fourth-order valence-corrected chi connectivity index (χ4v) is 2.35. The van der Waals surface area contributed by atoms with E-state index in [1.807, 2.05) is 0 Å². The second-order valence-corrected chi connectivity index (χ2v) is 5.16. The molecule has 3 aromatic rings. The lowest BCUT2D eigenvalue weighted by atomic mass is 10.2. The second kappa shape index (κ2) is 7.16. The molecule has 25 heavy (non-hydrogen) atoms. The SMILES string of the molecule is COc1cc(CNC(=O)c2ccc3nccn3c2)ccc1OC(F)F. The molecular formula is C17H15F2N3O3. The zero-order valence-electron chi connectivity index (χ0n) is 13.3. The molecule has 2 heterocycles. The number of ether oxygens (including phenoxy) is 2. The van der Waals surface area contributed by atoms with Crippen LogP contribution in [-0.4, -0.2) is 29.0 Å². The summed E-state index contributed by atoms with van der Waals surface area (Å²) in [5.41, 5.74) is 1.92. The Kier molecular flexibility index (Phi) is 4.78. The van der Waals surface area contributed by atoms with Crippen LogP contribution in [-0.2, 0) is 6.54 Å². The fraction of sp³-hybridized carbons (Fsp3) is 0.176. The largest absolute Gasteiger partial charge is 0.493 e. The second-order valence-electron chi connectivity index (χ2n) is 5.16. The van der Waals surface area contributed by atoms with Gasteiger partial charge in [-0.2, -0.15) is 8.78 Å². The first-order valence-corrected chi connectivity index (χ1v) is 7.39. The predicted molar refractivity (Wildman–Crippen MR) is 86.0 cm³/mol. The molecule has 1 N–H and O–H groups in total. The topological polar surface area (TPSA) is 64.9 Å². The molecule has 0 radical (unpaired) electrons. The summed E-state index contributed by atoms with van der Waals surface area (Å²) < 4.78 is 35.8. The van der Waals surface area contributed by atoms with Crippen molar-refractivity contribution in [2.24, 2.45) is 0 Å². The molecule has 130 valence electrons. The third kappa shape index (κ3) is 3.85. The number of rotatable bonds is 6. The van der Waals surface area contributed by atoms with Crippen molar-refractivity contribution < 1.29 is 23.0 Å². The number of aromatic nitrogens is 2. The van der Waals surface area contributed by atoms with Crippen LogP contribution in [0.15, 0.2) is 48.9 Å². The third-order valence-electron chi connectivity index (χ3n) is 3.55. The summed E-state index contributed by atoms with van der Waals surface area (Å²) in [4.78, 5) is 16.4. The van der Waals surface area contributed by atoms with Gasteiger partial charge < -0.3 is 19.2 Å². The molecule has 0 saturated carbocycles. The first-order valence-electron chi connectivity index (χ1n) is 7.39. The molecule has 3 rings (SSSR count). The maximum Gasteiger partial charge on any atom is 0.387 e. The molecule has 0 aliphatic heterocycles. The number of nitrogens with one attached hydrogen (secondary N) is 1. The summed E-state index contributed by atoms with van der Waals surface area (Å²) >= 11 is 0. The molecule has 0 unspecified atom stereocenters. The minimum atomic E-state index is -2.93. The number of imidazole rings is 1. The molecule has 0 fully saturated rings. The van der Waals surface area contributed by atoms with E-state index >= 15 is 0 Å². The zero-order chi connectivity index (χ0) is 17.8. The summed E-state index contributed by atoms with van der Waals surface area (Å²) in [7, 11) is 1.36. The van der Waals surface area contributed by atoms with Crippen molar-refractivity contribution in [2.45, 2.75) is 13.2 Å². The lowest BCUT2D eigenvalue weighted by Gasteiger charge is -2.12. The highest BCUT2D eigenvalue weighted by atomic mass is 19.3. The summed E-state index contributed by atoms with van der Waals surface area (Å²) in [5.74, 6) is -0.146. The van der Waals surface area contributed by atoms with E-state index in [2.05, 4.69) is 15.0 Å². The van der Waals surface area contributed by atoms with E-state index in [1.54, 1.807) is 41.2 Å². The van der Waals surface area contributed by atoms with Gasteiger partial charge in [0.05, 0.1) is 12.7 Å². The minimum absolute atomic E-state index is 0.0573. The number of hydrogen-bond acceptors (Lipinski definition) is 4. The molecule has 0 saturated heterocycles. The molecule has 0 aliphatic carbocycles. The summed E-state index contributed by atoms with van der Waals surface area (Å²) in [6, 6.07) is 7.92. The quantitative estimate of drug-likeness (QED) is 0.745. The average Bonchev–Trinajstić information content (AvgIpc) is 3.07. The standard InChI is InChI=1S/C17H15F2N3O3/c1-24-14-8-11(2-4-13(14)25-17(18)19)9-21-16(23)12-3-5-15-20-6-7-22(15)10-12/h2-8,10,17H,9H2,1H3,(H,21,23). The zero-order valence-corrected chi connectivity index (χ0v) is 13.3. The lowest BCUT2D eigenvalue weighted by molar-refractivity contribution is -0.0512. The van der Waals surface area contributed by atoms with Crippen LogP contribution < -0.4 is 14.8 Å². The Morgan fingerprint density at radius 1 is 1.28 bits per heavy atom. The van der Waals surface area contributed by atoms with Crippen molar-refractivity contribution in [3.63, 3.8) is 0 Å². The van der Waals surface area contributed by atoms with Gasteiger partial charge in [0.15, 0.2) is 11.5 Å². The molecular weight excluding hydrogens is 332 g/mol. The van der Waals surface area contributed by atoms with Crippen LogP contribution in [0, 0.1) is 0 Å². The number of pyridine rings is 1. The molecule has 0 bridgehead atoms. The van der Waals surface area contributed by atoms with Crippen LogP contribution >= 0.6 is 0 Å². The number of fused-ring (bicyclic) bond motifs is 1. The number of nitrogens with zero attached hydrogens (tertiary/aromatic N) is 2. The van der Waals surface area contributed by atoms with Crippen LogP contribution in [0.3, 0.4) is 0 Å². The number of carbonyl (C=O) groups excluding carboxylic acids is 1. The van der Waals surface area contributed by atoms with E-state index in [-0.39, 0.29) is 24.0 Å². The summed E-state index contributed by atoms with van der Waals surface area (Å²) in [6.07, 6.45) is 5.07. The molecule has 0 spiro atoms.